The molecule has 3 N–H and O–H groups in total. The third-order valence-electron chi connectivity index (χ3n) is 3.53. The van der Waals surface area contributed by atoms with Gasteiger partial charge in [0.25, 0.3) is 10.2 Å². The molecule has 7 nitrogen and oxygen atoms in total. The molecule has 1 saturated carbocycles. The molecule has 2 unspecified atom stereocenters. The van der Waals surface area contributed by atoms with E-state index < -0.39 is 16.2 Å². The molecule has 0 aromatic rings. The smallest absolute Gasteiger partial charge is 0.306 e. The molecular weight excluding hydrogens is 270 g/mol. The first-order valence-electron chi connectivity index (χ1n) is 6.41. The Morgan fingerprint density at radius 3 is 2.74 bits per heavy atom. The molecule has 0 saturated heterocycles. The quantitative estimate of drug-likeness (QED) is 0.613. The lowest BCUT2D eigenvalue weighted by atomic mass is 10.1. The normalized spacial score (nSPS) is 23.8. The number of carbonyl (C=O) groups excluding carboxylic acids is 1. The van der Waals surface area contributed by atoms with E-state index >= 15 is 0 Å². The Morgan fingerprint density at radius 2 is 2.16 bits per heavy atom. The van der Waals surface area contributed by atoms with Crippen LogP contribution < -0.4 is 10.5 Å². The highest BCUT2D eigenvalue weighted by atomic mass is 32.2. The van der Waals surface area contributed by atoms with Gasteiger partial charge in [0.05, 0.1) is 13.5 Å². The van der Waals surface area contributed by atoms with Crippen LogP contribution in [0, 0.1) is 5.92 Å². The second-order valence-corrected chi connectivity index (χ2v) is 6.61. The van der Waals surface area contributed by atoms with Crippen molar-refractivity contribution >= 4 is 16.2 Å². The fourth-order valence-corrected chi connectivity index (χ4v) is 3.43. The van der Waals surface area contributed by atoms with Gasteiger partial charge in [-0.05, 0) is 25.3 Å². The van der Waals surface area contributed by atoms with Crippen molar-refractivity contribution in [3.63, 3.8) is 0 Å². The van der Waals surface area contributed by atoms with Gasteiger partial charge in [-0.3, -0.25) is 4.79 Å². The van der Waals surface area contributed by atoms with Crippen LogP contribution in [0.1, 0.15) is 25.7 Å². The maximum absolute atomic E-state index is 12.1. The van der Waals surface area contributed by atoms with Crippen LogP contribution in [0.15, 0.2) is 0 Å². The molecule has 2 atom stereocenters. The number of hydrogen-bond acceptors (Lipinski definition) is 5. The van der Waals surface area contributed by atoms with Crippen molar-refractivity contribution in [2.75, 3.05) is 27.2 Å². The SMILES string of the molecule is COC(=O)CCN(C)S(=O)(=O)NC1CCCC1CN. The van der Waals surface area contributed by atoms with E-state index in [4.69, 9.17) is 5.73 Å². The third-order valence-corrected chi connectivity index (χ3v) is 5.13. The molecule has 1 aliphatic rings. The van der Waals surface area contributed by atoms with Crippen molar-refractivity contribution in [2.24, 2.45) is 11.7 Å². The summed E-state index contributed by atoms with van der Waals surface area (Å²) >= 11 is 0. The zero-order valence-electron chi connectivity index (χ0n) is 11.5. The highest BCUT2D eigenvalue weighted by molar-refractivity contribution is 7.87. The van der Waals surface area contributed by atoms with E-state index in [1.165, 1.54) is 14.2 Å². The molecule has 19 heavy (non-hydrogen) atoms. The van der Waals surface area contributed by atoms with E-state index in [2.05, 4.69) is 9.46 Å². The summed E-state index contributed by atoms with van der Waals surface area (Å²) in [7, 11) is -0.851. The molecule has 0 radical (unpaired) electrons. The van der Waals surface area contributed by atoms with E-state index in [-0.39, 0.29) is 24.9 Å². The van der Waals surface area contributed by atoms with Gasteiger partial charge in [0.2, 0.25) is 0 Å². The minimum absolute atomic E-state index is 0.0406. The lowest BCUT2D eigenvalue weighted by molar-refractivity contribution is -0.140. The topological polar surface area (TPSA) is 102 Å². The van der Waals surface area contributed by atoms with Crippen LogP contribution >= 0.6 is 0 Å². The number of nitrogens with two attached hydrogens (primary N) is 1. The van der Waals surface area contributed by atoms with E-state index in [1.807, 2.05) is 0 Å². The molecule has 0 spiro atoms. The Hall–Kier alpha value is -0.700. The molecule has 8 heteroatoms. The highest BCUT2D eigenvalue weighted by Crippen LogP contribution is 2.25. The minimum atomic E-state index is -3.57. The van der Waals surface area contributed by atoms with Crippen molar-refractivity contribution in [1.29, 1.82) is 0 Å². The van der Waals surface area contributed by atoms with Crippen molar-refractivity contribution in [1.82, 2.24) is 9.03 Å². The second-order valence-electron chi connectivity index (χ2n) is 4.80. The summed E-state index contributed by atoms with van der Waals surface area (Å²) in [6, 6.07) is -0.101. The van der Waals surface area contributed by atoms with Crippen LogP contribution in [0.3, 0.4) is 0 Å². The summed E-state index contributed by atoms with van der Waals surface area (Å²) in [5, 5.41) is 0. The van der Waals surface area contributed by atoms with Crippen molar-refractivity contribution in [3.8, 4) is 0 Å². The van der Waals surface area contributed by atoms with Crippen LogP contribution in [0.5, 0.6) is 0 Å². The number of esters is 1. The molecule has 0 aromatic heterocycles. The molecule has 1 rings (SSSR count). The van der Waals surface area contributed by atoms with Gasteiger partial charge in [0.1, 0.15) is 0 Å². The van der Waals surface area contributed by atoms with E-state index in [1.54, 1.807) is 0 Å². The lowest BCUT2D eigenvalue weighted by Gasteiger charge is -2.23. The fraction of sp³-hybridized carbons (Fsp3) is 0.909. The predicted molar refractivity (Wildman–Crippen MR) is 71.5 cm³/mol. The summed E-state index contributed by atoms with van der Waals surface area (Å²) in [4.78, 5) is 11.0. The summed E-state index contributed by atoms with van der Waals surface area (Å²) < 4.78 is 32.4. The van der Waals surface area contributed by atoms with Gasteiger partial charge in [-0.25, -0.2) is 0 Å². The van der Waals surface area contributed by atoms with Crippen molar-refractivity contribution < 1.29 is 17.9 Å². The van der Waals surface area contributed by atoms with Crippen molar-refractivity contribution in [2.45, 2.75) is 31.7 Å². The molecule has 1 aliphatic carbocycles. The number of hydrogen-bond donors (Lipinski definition) is 2. The average molecular weight is 293 g/mol. The van der Waals surface area contributed by atoms with Crippen LogP contribution in [-0.4, -0.2) is 52.0 Å². The van der Waals surface area contributed by atoms with Gasteiger partial charge in [0, 0.05) is 19.6 Å². The van der Waals surface area contributed by atoms with Crippen LogP contribution in [-0.2, 0) is 19.7 Å². The average Bonchev–Trinajstić information content (AvgIpc) is 2.81. The molecule has 0 heterocycles. The number of nitrogens with zero attached hydrogens (tertiary/aromatic N) is 1. The van der Waals surface area contributed by atoms with Gasteiger partial charge >= 0.3 is 5.97 Å². The van der Waals surface area contributed by atoms with Gasteiger partial charge in [0.15, 0.2) is 0 Å². The van der Waals surface area contributed by atoms with Crippen LogP contribution in [0.25, 0.3) is 0 Å². The first-order valence-corrected chi connectivity index (χ1v) is 7.85. The Labute approximate surface area is 114 Å². The van der Waals surface area contributed by atoms with E-state index in [9.17, 15) is 13.2 Å². The largest absolute Gasteiger partial charge is 0.469 e. The van der Waals surface area contributed by atoms with Gasteiger partial charge in [-0.2, -0.15) is 17.4 Å². The number of carbonyl (C=O) groups is 1. The molecule has 0 amide bonds. The summed E-state index contributed by atoms with van der Waals surface area (Å²) in [6.07, 6.45) is 2.79. The maximum Gasteiger partial charge on any atom is 0.306 e. The lowest BCUT2D eigenvalue weighted by Crippen LogP contribution is -2.46. The number of methoxy groups -OCH3 is 1. The Kier molecular flexibility index (Phi) is 6.18. The number of nitrogens with one attached hydrogen (secondary N) is 1. The molecule has 0 aromatic carbocycles. The van der Waals surface area contributed by atoms with Crippen LogP contribution in [0.2, 0.25) is 0 Å². The monoisotopic (exact) mass is 293 g/mol. The maximum atomic E-state index is 12.1. The van der Waals surface area contributed by atoms with E-state index in [0.717, 1.165) is 23.6 Å². The van der Waals surface area contributed by atoms with Crippen LogP contribution in [0.4, 0.5) is 0 Å². The van der Waals surface area contributed by atoms with Gasteiger partial charge in [-0.15, -0.1) is 0 Å². The minimum Gasteiger partial charge on any atom is -0.469 e. The zero-order valence-corrected chi connectivity index (χ0v) is 12.3. The summed E-state index contributed by atoms with van der Waals surface area (Å²) in [6.45, 7) is 0.584. The predicted octanol–water partition coefficient (Wildman–Crippen LogP) is -0.557. The Morgan fingerprint density at radius 1 is 1.47 bits per heavy atom. The first-order chi connectivity index (χ1) is 8.90. The molecule has 1 fully saturated rings. The summed E-state index contributed by atoms with van der Waals surface area (Å²) in [5.41, 5.74) is 5.63. The molecule has 0 bridgehead atoms. The third kappa shape index (κ3) is 4.72. The summed E-state index contributed by atoms with van der Waals surface area (Å²) in [5.74, 6) is -0.230. The number of rotatable bonds is 7. The zero-order chi connectivity index (χ0) is 14.5. The Balaban J connectivity index is 2.52. The van der Waals surface area contributed by atoms with E-state index in [0.29, 0.717) is 6.54 Å². The fourth-order valence-electron chi connectivity index (χ4n) is 2.23. The van der Waals surface area contributed by atoms with Gasteiger partial charge < -0.3 is 10.5 Å². The molecular formula is C11H23N3O4S. The van der Waals surface area contributed by atoms with Crippen molar-refractivity contribution in [3.05, 3.63) is 0 Å². The molecule has 112 valence electrons. The Bertz CT molecular complexity index is 399. The standard InChI is InChI=1S/C11H23N3O4S/c1-14(7-6-11(15)18-2)19(16,17)13-10-5-3-4-9(10)8-12/h9-10,13H,3-8,12H2,1-2H3. The molecule has 0 aliphatic heterocycles. The van der Waals surface area contributed by atoms with Gasteiger partial charge in [-0.1, -0.05) is 6.42 Å². The first kappa shape index (κ1) is 16.4. The second kappa shape index (κ2) is 7.18. The highest BCUT2D eigenvalue weighted by Gasteiger charge is 2.31. The number of ether oxygens (including phenoxy) is 1.